The smallest absolute Gasteiger partial charge is 0.336 e. The highest BCUT2D eigenvalue weighted by Crippen LogP contribution is 2.48. The van der Waals surface area contributed by atoms with E-state index in [1.54, 1.807) is 31.3 Å². The van der Waals surface area contributed by atoms with E-state index in [9.17, 15) is 14.4 Å². The Bertz CT molecular complexity index is 1090. The third-order valence-corrected chi connectivity index (χ3v) is 6.78. The summed E-state index contributed by atoms with van der Waals surface area (Å²) in [5.41, 5.74) is 2.53. The lowest BCUT2D eigenvalue weighted by Gasteiger charge is -2.38. The van der Waals surface area contributed by atoms with Gasteiger partial charge < -0.3 is 14.8 Å². The number of methoxy groups -OCH3 is 2. The van der Waals surface area contributed by atoms with Crippen molar-refractivity contribution in [2.75, 3.05) is 14.2 Å². The molecule has 31 heavy (non-hydrogen) atoms. The van der Waals surface area contributed by atoms with Gasteiger partial charge in [0.15, 0.2) is 5.78 Å². The minimum atomic E-state index is -0.993. The summed E-state index contributed by atoms with van der Waals surface area (Å²) in [4.78, 5) is 44.6. The number of carbonyl (C=O) groups excluding carboxylic acids is 3. The predicted octanol–water partition coefficient (Wildman–Crippen LogP) is 3.08. The molecule has 8 heteroatoms. The second-order valence-electron chi connectivity index (χ2n) is 7.43. The normalized spacial score (nSPS) is 23.2. The molecular weight excluding hydrogens is 416 g/mol. The standard InChI is InChI=1S/C23H22N2O5S/c1-12-17(22(27)29-2)19(14-7-4-5-9-24-14)20-15(25-12)11-13(16-8-6-10-31-16)18(21(20)26)23(28)30-3/h4-10,13,18-19,25H,11H2,1-3H3/t13-,18-,19-/m0/s1. The maximum absolute atomic E-state index is 13.8. The molecule has 2 aliphatic rings. The molecule has 0 amide bonds. The number of allylic oxidation sites excluding steroid dienone is 3. The number of nitrogens with zero attached hydrogens (tertiary/aromatic N) is 1. The average molecular weight is 439 g/mol. The number of hydrogen-bond acceptors (Lipinski definition) is 8. The van der Waals surface area contributed by atoms with E-state index in [1.807, 2.05) is 17.5 Å². The lowest BCUT2D eigenvalue weighted by Crippen LogP contribution is -2.43. The second-order valence-corrected chi connectivity index (χ2v) is 8.41. The van der Waals surface area contributed by atoms with Gasteiger partial charge in [0.1, 0.15) is 5.92 Å². The number of rotatable bonds is 4. The molecule has 0 bridgehead atoms. The van der Waals surface area contributed by atoms with Crippen molar-refractivity contribution in [3.05, 3.63) is 75.0 Å². The van der Waals surface area contributed by atoms with Crippen molar-refractivity contribution in [3.63, 3.8) is 0 Å². The summed E-state index contributed by atoms with van der Waals surface area (Å²) >= 11 is 1.50. The molecule has 2 aromatic heterocycles. The maximum Gasteiger partial charge on any atom is 0.336 e. The summed E-state index contributed by atoms with van der Waals surface area (Å²) < 4.78 is 10.0. The number of Topliss-reactive ketones (excluding diaryl/α,β-unsaturated/α-hetero) is 1. The van der Waals surface area contributed by atoms with Crippen molar-refractivity contribution in [2.24, 2.45) is 5.92 Å². The molecular formula is C23H22N2O5S. The molecule has 1 aliphatic carbocycles. The Labute approximate surface area is 183 Å². The lowest BCUT2D eigenvalue weighted by atomic mass is 9.69. The molecule has 0 aromatic carbocycles. The number of ether oxygens (including phenoxy) is 2. The Morgan fingerprint density at radius 3 is 2.58 bits per heavy atom. The zero-order chi connectivity index (χ0) is 22.1. The molecule has 0 saturated heterocycles. The van der Waals surface area contributed by atoms with Crippen LogP contribution in [0.15, 0.2) is 64.4 Å². The number of nitrogens with one attached hydrogen (secondary N) is 1. The first-order valence-electron chi connectivity index (χ1n) is 9.83. The number of hydrogen-bond donors (Lipinski definition) is 1. The summed E-state index contributed by atoms with van der Waals surface area (Å²) in [6.45, 7) is 1.78. The molecule has 1 N–H and O–H groups in total. The van der Waals surface area contributed by atoms with Gasteiger partial charge in [-0.3, -0.25) is 14.6 Å². The quantitative estimate of drug-likeness (QED) is 0.579. The van der Waals surface area contributed by atoms with Gasteiger partial charge in [-0.1, -0.05) is 12.1 Å². The van der Waals surface area contributed by atoms with Crippen molar-refractivity contribution >= 4 is 29.1 Å². The molecule has 0 unspecified atom stereocenters. The van der Waals surface area contributed by atoms with Crippen molar-refractivity contribution in [1.82, 2.24) is 10.3 Å². The Morgan fingerprint density at radius 2 is 1.97 bits per heavy atom. The first-order valence-corrected chi connectivity index (χ1v) is 10.7. The van der Waals surface area contributed by atoms with Crippen LogP contribution in [0.3, 0.4) is 0 Å². The van der Waals surface area contributed by atoms with Crippen LogP contribution in [0.25, 0.3) is 0 Å². The Kier molecular flexibility index (Phi) is 5.73. The Balaban J connectivity index is 1.90. The van der Waals surface area contributed by atoms with E-state index < -0.39 is 23.8 Å². The average Bonchev–Trinajstić information content (AvgIpc) is 3.32. The number of carbonyl (C=O) groups is 3. The van der Waals surface area contributed by atoms with Crippen LogP contribution in [0.4, 0.5) is 0 Å². The highest BCUT2D eigenvalue weighted by molar-refractivity contribution is 7.10. The van der Waals surface area contributed by atoms with Gasteiger partial charge >= 0.3 is 11.9 Å². The van der Waals surface area contributed by atoms with E-state index in [4.69, 9.17) is 9.47 Å². The molecule has 160 valence electrons. The highest BCUT2D eigenvalue weighted by atomic mass is 32.1. The number of ketones is 1. The molecule has 1 aliphatic heterocycles. The van der Waals surface area contributed by atoms with Crippen molar-refractivity contribution < 1.29 is 23.9 Å². The van der Waals surface area contributed by atoms with Crippen LogP contribution >= 0.6 is 11.3 Å². The fraction of sp³-hybridized carbons (Fsp3) is 0.304. The van der Waals surface area contributed by atoms with Crippen molar-refractivity contribution in [2.45, 2.75) is 25.2 Å². The van der Waals surface area contributed by atoms with E-state index >= 15 is 0 Å². The van der Waals surface area contributed by atoms with E-state index in [0.29, 0.717) is 34.7 Å². The minimum absolute atomic E-state index is 0.312. The fourth-order valence-corrected chi connectivity index (χ4v) is 5.29. The molecule has 0 saturated carbocycles. The van der Waals surface area contributed by atoms with Gasteiger partial charge in [-0.05, 0) is 36.9 Å². The molecule has 3 heterocycles. The molecule has 0 fully saturated rings. The zero-order valence-electron chi connectivity index (χ0n) is 17.4. The number of pyridine rings is 1. The first-order chi connectivity index (χ1) is 15.0. The lowest BCUT2D eigenvalue weighted by molar-refractivity contribution is -0.149. The number of dihydropyridines is 1. The second kappa shape index (κ2) is 8.47. The number of esters is 2. The summed E-state index contributed by atoms with van der Waals surface area (Å²) in [5, 5.41) is 5.17. The molecule has 0 radical (unpaired) electrons. The zero-order valence-corrected chi connectivity index (χ0v) is 18.2. The van der Waals surface area contributed by atoms with Crippen molar-refractivity contribution in [1.29, 1.82) is 0 Å². The third kappa shape index (κ3) is 3.57. The largest absolute Gasteiger partial charge is 0.468 e. The summed E-state index contributed by atoms with van der Waals surface area (Å²) in [5.74, 6) is -3.55. The van der Waals surface area contributed by atoms with Crippen LogP contribution in [0.1, 0.15) is 35.8 Å². The van der Waals surface area contributed by atoms with Gasteiger partial charge in [0.2, 0.25) is 0 Å². The maximum atomic E-state index is 13.8. The topological polar surface area (TPSA) is 94.6 Å². The van der Waals surface area contributed by atoms with Crippen LogP contribution in [0.2, 0.25) is 0 Å². The van der Waals surface area contributed by atoms with Crippen LogP contribution in [-0.2, 0) is 23.9 Å². The number of aromatic nitrogens is 1. The Hall–Kier alpha value is -3.26. The van der Waals surface area contributed by atoms with E-state index in [2.05, 4.69) is 10.3 Å². The minimum Gasteiger partial charge on any atom is -0.468 e. The van der Waals surface area contributed by atoms with E-state index in [-0.39, 0.29) is 11.7 Å². The molecule has 7 nitrogen and oxygen atoms in total. The molecule has 4 rings (SSSR count). The molecule has 3 atom stereocenters. The third-order valence-electron chi connectivity index (χ3n) is 5.77. The van der Waals surface area contributed by atoms with Crippen LogP contribution < -0.4 is 5.32 Å². The summed E-state index contributed by atoms with van der Waals surface area (Å²) in [6.07, 6.45) is 2.05. The van der Waals surface area contributed by atoms with Gasteiger partial charge in [-0.25, -0.2) is 4.79 Å². The van der Waals surface area contributed by atoms with Crippen LogP contribution in [-0.4, -0.2) is 36.9 Å². The monoisotopic (exact) mass is 438 g/mol. The predicted molar refractivity (Wildman–Crippen MR) is 114 cm³/mol. The van der Waals surface area contributed by atoms with E-state index in [1.165, 1.54) is 25.6 Å². The first kappa shape index (κ1) is 21.0. The van der Waals surface area contributed by atoms with E-state index in [0.717, 1.165) is 4.88 Å². The van der Waals surface area contributed by atoms with Crippen molar-refractivity contribution in [3.8, 4) is 0 Å². The SMILES string of the molecule is COC(=O)C1=C(C)NC2=C(C(=O)[C@@H](C(=O)OC)[C@H](c3cccs3)C2)[C@H]1c1ccccn1. The molecule has 0 spiro atoms. The fourth-order valence-electron chi connectivity index (χ4n) is 4.42. The van der Waals surface area contributed by atoms with Gasteiger partial charge in [0, 0.05) is 34.0 Å². The summed E-state index contributed by atoms with van der Waals surface area (Å²) in [7, 11) is 2.58. The highest BCUT2D eigenvalue weighted by Gasteiger charge is 2.49. The molecule has 2 aromatic rings. The number of thiophene rings is 1. The van der Waals surface area contributed by atoms with Gasteiger partial charge in [-0.2, -0.15) is 0 Å². The Morgan fingerprint density at radius 1 is 1.16 bits per heavy atom. The van der Waals surface area contributed by atoms with Gasteiger partial charge in [-0.15, -0.1) is 11.3 Å². The van der Waals surface area contributed by atoms with Gasteiger partial charge in [0.05, 0.1) is 31.4 Å². The van der Waals surface area contributed by atoms with Crippen LogP contribution in [0, 0.1) is 5.92 Å². The van der Waals surface area contributed by atoms with Gasteiger partial charge in [0.25, 0.3) is 0 Å². The van der Waals surface area contributed by atoms with Crippen LogP contribution in [0.5, 0.6) is 0 Å². The summed E-state index contributed by atoms with van der Waals surface area (Å²) in [6, 6.07) is 9.15.